The van der Waals surface area contributed by atoms with Gasteiger partial charge in [-0.25, -0.2) is 4.98 Å². The minimum Gasteiger partial charge on any atom is -0.446 e. The quantitative estimate of drug-likeness (QED) is 0.740. The van der Waals surface area contributed by atoms with Crippen molar-refractivity contribution in [3.8, 4) is 0 Å². The number of benzene rings is 1. The Morgan fingerprint density at radius 3 is 2.74 bits per heavy atom. The molecule has 2 rings (SSSR count). The molecule has 0 aliphatic rings. The third kappa shape index (κ3) is 4.87. The van der Waals surface area contributed by atoms with Gasteiger partial charge in [-0.2, -0.15) is 0 Å². The molecule has 1 aromatic heterocycles. The van der Waals surface area contributed by atoms with Gasteiger partial charge in [0, 0.05) is 19.4 Å². The maximum absolute atomic E-state index is 5.72. The van der Waals surface area contributed by atoms with Crippen LogP contribution in [0.15, 0.2) is 40.9 Å². The van der Waals surface area contributed by atoms with E-state index >= 15 is 0 Å². The predicted molar refractivity (Wildman–Crippen MR) is 77.2 cm³/mol. The van der Waals surface area contributed by atoms with Gasteiger partial charge >= 0.3 is 0 Å². The Bertz CT molecular complexity index is 465. The number of aryl methyl sites for hydroxylation is 2. The van der Waals surface area contributed by atoms with Crippen LogP contribution >= 0.6 is 0 Å². The van der Waals surface area contributed by atoms with Gasteiger partial charge in [0.15, 0.2) is 5.89 Å². The number of rotatable bonds is 8. The van der Waals surface area contributed by atoms with Crippen LogP contribution in [0.1, 0.15) is 30.6 Å². The Balaban J connectivity index is 1.71. The molecule has 0 spiro atoms. The van der Waals surface area contributed by atoms with E-state index in [-0.39, 0.29) is 0 Å². The number of likely N-dealkylation sites (N-methyl/N-ethyl adjacent to an activating group) is 1. The summed E-state index contributed by atoms with van der Waals surface area (Å²) in [5.41, 5.74) is 1.38. The highest BCUT2D eigenvalue weighted by atomic mass is 16.4. The van der Waals surface area contributed by atoms with Crippen LogP contribution in [0.5, 0.6) is 0 Å². The van der Waals surface area contributed by atoms with Crippen molar-refractivity contribution in [2.24, 2.45) is 0 Å². The third-order valence-corrected chi connectivity index (χ3v) is 3.10. The maximum Gasteiger partial charge on any atom is 0.195 e. The van der Waals surface area contributed by atoms with Crippen LogP contribution < -0.4 is 5.32 Å². The van der Waals surface area contributed by atoms with Crippen LogP contribution in [0, 0.1) is 0 Å². The molecule has 3 nitrogen and oxygen atoms in total. The largest absolute Gasteiger partial charge is 0.446 e. The summed E-state index contributed by atoms with van der Waals surface area (Å²) in [7, 11) is 0. The molecule has 2 aromatic rings. The highest BCUT2D eigenvalue weighted by molar-refractivity contribution is 5.14. The fraction of sp³-hybridized carbons (Fsp3) is 0.438. The summed E-state index contributed by atoms with van der Waals surface area (Å²) < 4.78 is 5.72. The van der Waals surface area contributed by atoms with E-state index in [9.17, 15) is 0 Å². The molecule has 1 N–H and O–H groups in total. The fourth-order valence-corrected chi connectivity index (χ4v) is 2.06. The van der Waals surface area contributed by atoms with Gasteiger partial charge in [0.25, 0.3) is 0 Å². The van der Waals surface area contributed by atoms with Crippen LogP contribution in [-0.2, 0) is 19.3 Å². The van der Waals surface area contributed by atoms with Crippen molar-refractivity contribution in [1.82, 2.24) is 10.3 Å². The normalized spacial score (nSPS) is 10.8. The Kier molecular flexibility index (Phi) is 5.63. The van der Waals surface area contributed by atoms with E-state index < -0.39 is 0 Å². The summed E-state index contributed by atoms with van der Waals surface area (Å²) in [4.78, 5) is 4.31. The average molecular weight is 258 g/mol. The molecule has 0 bridgehead atoms. The second-order valence-corrected chi connectivity index (χ2v) is 4.66. The topological polar surface area (TPSA) is 38.1 Å². The van der Waals surface area contributed by atoms with E-state index in [1.165, 1.54) is 5.56 Å². The van der Waals surface area contributed by atoms with Crippen LogP contribution in [0.25, 0.3) is 0 Å². The lowest BCUT2D eigenvalue weighted by atomic mass is 10.1. The van der Waals surface area contributed by atoms with Crippen molar-refractivity contribution >= 4 is 0 Å². The summed E-state index contributed by atoms with van der Waals surface area (Å²) in [5.74, 6) is 1.85. The fourth-order valence-electron chi connectivity index (χ4n) is 2.06. The van der Waals surface area contributed by atoms with Crippen molar-refractivity contribution in [1.29, 1.82) is 0 Å². The lowest BCUT2D eigenvalue weighted by Crippen LogP contribution is -2.16. The van der Waals surface area contributed by atoms with Gasteiger partial charge in [0.05, 0.1) is 6.20 Å². The molecule has 3 heteroatoms. The number of nitrogens with zero attached hydrogens (tertiary/aromatic N) is 1. The van der Waals surface area contributed by atoms with Crippen molar-refractivity contribution < 1.29 is 4.42 Å². The van der Waals surface area contributed by atoms with Gasteiger partial charge in [-0.3, -0.25) is 0 Å². The first kappa shape index (κ1) is 13.8. The van der Waals surface area contributed by atoms with E-state index in [1.807, 2.05) is 6.20 Å². The van der Waals surface area contributed by atoms with Crippen molar-refractivity contribution in [2.75, 3.05) is 13.1 Å². The number of oxazole rings is 1. The average Bonchev–Trinajstić information content (AvgIpc) is 2.88. The molecular formula is C16H22N2O. The summed E-state index contributed by atoms with van der Waals surface area (Å²) >= 11 is 0. The second kappa shape index (κ2) is 7.74. The maximum atomic E-state index is 5.72. The van der Waals surface area contributed by atoms with E-state index in [0.717, 1.165) is 50.4 Å². The first-order valence-corrected chi connectivity index (χ1v) is 7.06. The second-order valence-electron chi connectivity index (χ2n) is 4.66. The zero-order chi connectivity index (χ0) is 13.3. The molecule has 19 heavy (non-hydrogen) atoms. The summed E-state index contributed by atoms with van der Waals surface area (Å²) in [5, 5.41) is 3.27. The van der Waals surface area contributed by atoms with E-state index in [2.05, 4.69) is 47.6 Å². The summed E-state index contributed by atoms with van der Waals surface area (Å²) in [6.45, 7) is 4.02. The molecule has 102 valence electrons. The minimum atomic E-state index is 0.843. The Hall–Kier alpha value is -1.61. The Morgan fingerprint density at radius 1 is 1.11 bits per heavy atom. The highest BCUT2D eigenvalue weighted by Crippen LogP contribution is 2.10. The van der Waals surface area contributed by atoms with Crippen LogP contribution in [-0.4, -0.2) is 18.1 Å². The number of hydrogen-bond acceptors (Lipinski definition) is 3. The Morgan fingerprint density at radius 2 is 1.95 bits per heavy atom. The first-order valence-electron chi connectivity index (χ1n) is 7.06. The van der Waals surface area contributed by atoms with Crippen molar-refractivity contribution in [3.05, 3.63) is 53.7 Å². The predicted octanol–water partition coefficient (Wildman–Crippen LogP) is 3.00. The van der Waals surface area contributed by atoms with E-state index in [4.69, 9.17) is 4.42 Å². The molecule has 0 radical (unpaired) electrons. The van der Waals surface area contributed by atoms with Crippen LogP contribution in [0.3, 0.4) is 0 Å². The van der Waals surface area contributed by atoms with E-state index in [1.54, 1.807) is 0 Å². The molecule has 0 saturated heterocycles. The summed E-state index contributed by atoms with van der Waals surface area (Å²) in [6.07, 6.45) is 5.89. The van der Waals surface area contributed by atoms with Crippen LogP contribution in [0.2, 0.25) is 0 Å². The molecular weight excluding hydrogens is 236 g/mol. The number of nitrogens with one attached hydrogen (secondary N) is 1. The molecule has 0 saturated carbocycles. The molecule has 0 fully saturated rings. The minimum absolute atomic E-state index is 0.843. The number of hydrogen-bond donors (Lipinski definition) is 1. The lowest BCUT2D eigenvalue weighted by molar-refractivity contribution is 0.445. The highest BCUT2D eigenvalue weighted by Gasteiger charge is 2.03. The van der Waals surface area contributed by atoms with Gasteiger partial charge in [-0.15, -0.1) is 0 Å². The summed E-state index contributed by atoms with van der Waals surface area (Å²) in [6, 6.07) is 10.6. The monoisotopic (exact) mass is 258 g/mol. The molecule has 0 aliphatic carbocycles. The lowest BCUT2D eigenvalue weighted by Gasteiger charge is -1.99. The van der Waals surface area contributed by atoms with Gasteiger partial charge < -0.3 is 9.73 Å². The number of aromatic nitrogens is 1. The van der Waals surface area contributed by atoms with Gasteiger partial charge in [0.1, 0.15) is 5.76 Å². The smallest absolute Gasteiger partial charge is 0.195 e. The van der Waals surface area contributed by atoms with Crippen molar-refractivity contribution in [3.63, 3.8) is 0 Å². The molecule has 0 amide bonds. The van der Waals surface area contributed by atoms with Crippen LogP contribution in [0.4, 0.5) is 0 Å². The van der Waals surface area contributed by atoms with E-state index in [0.29, 0.717) is 0 Å². The molecule has 0 aliphatic heterocycles. The van der Waals surface area contributed by atoms with Gasteiger partial charge in [-0.1, -0.05) is 37.3 Å². The molecule has 1 heterocycles. The van der Waals surface area contributed by atoms with Gasteiger partial charge in [-0.05, 0) is 24.9 Å². The zero-order valence-electron chi connectivity index (χ0n) is 11.6. The van der Waals surface area contributed by atoms with Crippen molar-refractivity contribution in [2.45, 2.75) is 32.6 Å². The standard InChI is InChI=1S/C16H22N2O/c1-2-17-12-11-16-18-13-15(19-16)10-6-9-14-7-4-3-5-8-14/h3-5,7-8,13,17H,2,6,9-12H2,1H3. The SMILES string of the molecule is CCNCCc1ncc(CCCc2ccccc2)o1. The third-order valence-electron chi connectivity index (χ3n) is 3.10. The molecule has 1 aromatic carbocycles. The Labute approximate surface area is 115 Å². The molecule has 0 atom stereocenters. The molecule has 0 unspecified atom stereocenters. The zero-order valence-corrected chi connectivity index (χ0v) is 11.6. The first-order chi connectivity index (χ1) is 9.38. The van der Waals surface area contributed by atoms with Gasteiger partial charge in [0.2, 0.25) is 0 Å².